The van der Waals surface area contributed by atoms with E-state index in [-0.39, 0.29) is 6.10 Å². The fourth-order valence-corrected chi connectivity index (χ4v) is 2.48. The summed E-state index contributed by atoms with van der Waals surface area (Å²) >= 11 is 0. The van der Waals surface area contributed by atoms with Gasteiger partial charge in [0.25, 0.3) is 0 Å². The molecule has 124 valence electrons. The first-order valence-electron chi connectivity index (χ1n) is 8.30. The van der Waals surface area contributed by atoms with Crippen LogP contribution in [0.3, 0.4) is 0 Å². The number of rotatable bonds is 8. The number of benzene rings is 2. The van der Waals surface area contributed by atoms with Crippen molar-refractivity contribution < 1.29 is 9.47 Å². The summed E-state index contributed by atoms with van der Waals surface area (Å²) in [6, 6.07) is 16.4. The van der Waals surface area contributed by atoms with Gasteiger partial charge in [-0.1, -0.05) is 24.3 Å². The van der Waals surface area contributed by atoms with E-state index in [1.807, 2.05) is 38.1 Å². The van der Waals surface area contributed by atoms with Crippen LogP contribution in [0.4, 0.5) is 5.69 Å². The third-order valence-electron chi connectivity index (χ3n) is 3.58. The molecule has 0 aliphatic heterocycles. The van der Waals surface area contributed by atoms with Crippen LogP contribution in [0.2, 0.25) is 0 Å². The molecule has 0 aromatic heterocycles. The van der Waals surface area contributed by atoms with E-state index in [1.165, 1.54) is 11.3 Å². The van der Waals surface area contributed by atoms with Crippen LogP contribution >= 0.6 is 0 Å². The highest BCUT2D eigenvalue weighted by atomic mass is 16.5. The lowest BCUT2D eigenvalue weighted by atomic mass is 10.2. The number of likely N-dealkylation sites (N-methyl/N-ethyl adjacent to an activating group) is 1. The predicted octanol–water partition coefficient (Wildman–Crippen LogP) is 4.69. The molecule has 2 aromatic rings. The Hall–Kier alpha value is -2.16. The van der Waals surface area contributed by atoms with Crippen molar-refractivity contribution in [1.82, 2.24) is 0 Å². The molecule has 0 amide bonds. The van der Waals surface area contributed by atoms with Crippen LogP contribution in [0.5, 0.6) is 11.5 Å². The largest absolute Gasteiger partial charge is 0.488 e. The van der Waals surface area contributed by atoms with Crippen molar-refractivity contribution in [3.8, 4) is 11.5 Å². The number of aryl methyl sites for hydroxylation is 1. The Balaban J connectivity index is 1.96. The first-order valence-corrected chi connectivity index (χ1v) is 8.30. The van der Waals surface area contributed by atoms with Crippen LogP contribution in [-0.2, 0) is 0 Å². The van der Waals surface area contributed by atoms with Gasteiger partial charge in [0.2, 0.25) is 0 Å². The van der Waals surface area contributed by atoms with Gasteiger partial charge in [-0.2, -0.15) is 0 Å². The van der Waals surface area contributed by atoms with Gasteiger partial charge in [0, 0.05) is 12.2 Å². The summed E-state index contributed by atoms with van der Waals surface area (Å²) in [5, 5.41) is 0. The zero-order valence-electron chi connectivity index (χ0n) is 14.6. The fraction of sp³-hybridized carbons (Fsp3) is 0.400. The monoisotopic (exact) mass is 313 g/mol. The lowest BCUT2D eigenvalue weighted by Gasteiger charge is -2.24. The number of para-hydroxylation sites is 2. The smallest absolute Gasteiger partial charge is 0.161 e. The third-order valence-corrected chi connectivity index (χ3v) is 3.58. The highest BCUT2D eigenvalue weighted by Crippen LogP contribution is 2.27. The highest BCUT2D eigenvalue weighted by Gasteiger charge is 2.08. The van der Waals surface area contributed by atoms with E-state index in [0.717, 1.165) is 24.6 Å². The van der Waals surface area contributed by atoms with Crippen LogP contribution < -0.4 is 14.4 Å². The Bertz CT molecular complexity index is 610. The predicted molar refractivity (Wildman–Crippen MR) is 96.8 cm³/mol. The minimum Gasteiger partial charge on any atom is -0.488 e. The zero-order chi connectivity index (χ0) is 16.7. The maximum Gasteiger partial charge on any atom is 0.161 e. The van der Waals surface area contributed by atoms with Crippen molar-refractivity contribution in [2.75, 3.05) is 24.6 Å². The minimum absolute atomic E-state index is 0.138. The first kappa shape index (κ1) is 17.2. The van der Waals surface area contributed by atoms with Crippen LogP contribution in [-0.4, -0.2) is 25.8 Å². The molecule has 0 saturated carbocycles. The van der Waals surface area contributed by atoms with Gasteiger partial charge in [-0.3, -0.25) is 0 Å². The standard InChI is InChI=1S/C20H27NO2/c1-5-21(18-10-8-9-17(4)15-18)13-14-22-19-11-6-7-12-20(19)23-16(2)3/h6-12,15-16H,5,13-14H2,1-4H3. The normalized spacial score (nSPS) is 10.7. The average molecular weight is 313 g/mol. The summed E-state index contributed by atoms with van der Waals surface area (Å²) in [5.41, 5.74) is 2.51. The Kier molecular flexibility index (Phi) is 6.33. The van der Waals surface area contributed by atoms with Crippen molar-refractivity contribution in [3.63, 3.8) is 0 Å². The van der Waals surface area contributed by atoms with Gasteiger partial charge in [-0.25, -0.2) is 0 Å². The number of ether oxygens (including phenoxy) is 2. The summed E-state index contributed by atoms with van der Waals surface area (Å²) in [4.78, 5) is 2.32. The van der Waals surface area contributed by atoms with E-state index in [1.54, 1.807) is 0 Å². The Labute approximate surface area is 139 Å². The molecule has 0 saturated heterocycles. The van der Waals surface area contributed by atoms with Crippen LogP contribution in [0.15, 0.2) is 48.5 Å². The molecular formula is C20H27NO2. The van der Waals surface area contributed by atoms with E-state index >= 15 is 0 Å². The lowest BCUT2D eigenvalue weighted by molar-refractivity contribution is 0.222. The molecule has 0 radical (unpaired) electrons. The molecule has 0 aliphatic rings. The summed E-state index contributed by atoms with van der Waals surface area (Å²) in [5.74, 6) is 1.61. The molecule has 3 nitrogen and oxygen atoms in total. The van der Waals surface area contributed by atoms with Gasteiger partial charge in [0.15, 0.2) is 11.5 Å². The summed E-state index contributed by atoms with van der Waals surface area (Å²) < 4.78 is 11.7. The number of anilines is 1. The van der Waals surface area contributed by atoms with Gasteiger partial charge in [-0.15, -0.1) is 0 Å². The minimum atomic E-state index is 0.138. The molecule has 3 heteroatoms. The quantitative estimate of drug-likeness (QED) is 0.706. The summed E-state index contributed by atoms with van der Waals surface area (Å²) in [7, 11) is 0. The topological polar surface area (TPSA) is 21.7 Å². The van der Waals surface area contributed by atoms with Gasteiger partial charge in [0.05, 0.1) is 12.6 Å². The van der Waals surface area contributed by atoms with Crippen molar-refractivity contribution in [2.24, 2.45) is 0 Å². The molecule has 23 heavy (non-hydrogen) atoms. The van der Waals surface area contributed by atoms with Crippen molar-refractivity contribution in [1.29, 1.82) is 0 Å². The van der Waals surface area contributed by atoms with Gasteiger partial charge in [0.1, 0.15) is 6.61 Å². The first-order chi connectivity index (χ1) is 11.1. The molecule has 0 fully saturated rings. The average Bonchev–Trinajstić information content (AvgIpc) is 2.52. The van der Waals surface area contributed by atoms with E-state index in [2.05, 4.69) is 43.0 Å². The van der Waals surface area contributed by atoms with Crippen molar-refractivity contribution in [2.45, 2.75) is 33.8 Å². The molecule has 2 aromatic carbocycles. The molecule has 0 spiro atoms. The van der Waals surface area contributed by atoms with Crippen LogP contribution in [0.1, 0.15) is 26.3 Å². The SMILES string of the molecule is CCN(CCOc1ccccc1OC(C)C)c1cccc(C)c1. The molecule has 0 unspecified atom stereocenters. The van der Waals surface area contributed by atoms with E-state index in [0.29, 0.717) is 6.61 Å². The second-order valence-corrected chi connectivity index (χ2v) is 5.88. The summed E-state index contributed by atoms with van der Waals surface area (Å²) in [6.45, 7) is 10.7. The molecule has 2 rings (SSSR count). The second kappa shape index (κ2) is 8.47. The maximum atomic E-state index is 5.96. The van der Waals surface area contributed by atoms with E-state index in [4.69, 9.17) is 9.47 Å². The van der Waals surface area contributed by atoms with Crippen LogP contribution in [0, 0.1) is 6.92 Å². The zero-order valence-corrected chi connectivity index (χ0v) is 14.6. The van der Waals surface area contributed by atoms with E-state index < -0.39 is 0 Å². The van der Waals surface area contributed by atoms with Crippen molar-refractivity contribution in [3.05, 3.63) is 54.1 Å². The molecule has 0 N–H and O–H groups in total. The molecule has 0 bridgehead atoms. The molecular weight excluding hydrogens is 286 g/mol. The summed E-state index contributed by atoms with van der Waals surface area (Å²) in [6.07, 6.45) is 0.138. The lowest BCUT2D eigenvalue weighted by Crippen LogP contribution is -2.28. The molecule has 0 aliphatic carbocycles. The van der Waals surface area contributed by atoms with Crippen LogP contribution in [0.25, 0.3) is 0 Å². The molecule has 0 heterocycles. The maximum absolute atomic E-state index is 5.96. The number of hydrogen-bond donors (Lipinski definition) is 0. The Morgan fingerprint density at radius 1 is 1.00 bits per heavy atom. The van der Waals surface area contributed by atoms with Gasteiger partial charge < -0.3 is 14.4 Å². The van der Waals surface area contributed by atoms with Gasteiger partial charge >= 0.3 is 0 Å². The van der Waals surface area contributed by atoms with E-state index in [9.17, 15) is 0 Å². The highest BCUT2D eigenvalue weighted by molar-refractivity contribution is 5.48. The van der Waals surface area contributed by atoms with Gasteiger partial charge in [-0.05, 0) is 57.5 Å². The number of hydrogen-bond acceptors (Lipinski definition) is 3. The molecule has 0 atom stereocenters. The third kappa shape index (κ3) is 5.20. The second-order valence-electron chi connectivity index (χ2n) is 5.88. The number of nitrogens with zero attached hydrogens (tertiary/aromatic N) is 1. The fourth-order valence-electron chi connectivity index (χ4n) is 2.48. The Morgan fingerprint density at radius 3 is 2.39 bits per heavy atom. The van der Waals surface area contributed by atoms with Crippen molar-refractivity contribution >= 4 is 5.69 Å². The Morgan fingerprint density at radius 2 is 1.74 bits per heavy atom.